The quantitative estimate of drug-likeness (QED) is 0.663. The van der Waals surface area contributed by atoms with E-state index in [0.717, 1.165) is 10.2 Å². The summed E-state index contributed by atoms with van der Waals surface area (Å²) in [6.07, 6.45) is 1.66. The summed E-state index contributed by atoms with van der Waals surface area (Å²) in [5, 5.41) is 14.1. The molecule has 0 aliphatic rings. The maximum Gasteiger partial charge on any atom is 0.269 e. The van der Waals surface area contributed by atoms with E-state index in [-0.39, 0.29) is 17.8 Å². The molecule has 0 saturated carbocycles. The van der Waals surface area contributed by atoms with E-state index in [2.05, 4.69) is 21.2 Å². The van der Waals surface area contributed by atoms with Crippen LogP contribution in [0.25, 0.3) is 0 Å². The second-order valence-corrected chi connectivity index (χ2v) is 5.36. The molecule has 7 heteroatoms. The predicted molar refractivity (Wildman–Crippen MR) is 84.8 cm³/mol. The molecule has 1 aromatic heterocycles. The van der Waals surface area contributed by atoms with E-state index in [9.17, 15) is 14.9 Å². The summed E-state index contributed by atoms with van der Waals surface area (Å²) in [6, 6.07) is 7.72. The van der Waals surface area contributed by atoms with Gasteiger partial charge in [-0.1, -0.05) is 0 Å². The third-order valence-corrected chi connectivity index (χ3v) is 3.42. The molecule has 6 nitrogen and oxygen atoms in total. The van der Waals surface area contributed by atoms with Gasteiger partial charge in [0.15, 0.2) is 0 Å². The largest absolute Gasteiger partial charge is 0.385 e. The first kappa shape index (κ1) is 15.2. The van der Waals surface area contributed by atoms with Crippen LogP contribution in [0, 0.1) is 10.1 Å². The SMILES string of the molecule is CCNc1ccc([N+](=O)[O-])cc1Cn1cc(Br)ccc1=O. The van der Waals surface area contributed by atoms with Gasteiger partial charge in [-0.05, 0) is 35.0 Å². The number of pyridine rings is 1. The Morgan fingerprint density at radius 3 is 2.76 bits per heavy atom. The fraction of sp³-hybridized carbons (Fsp3) is 0.214. The van der Waals surface area contributed by atoms with Crippen molar-refractivity contribution < 1.29 is 4.92 Å². The molecule has 0 aliphatic carbocycles. The molecule has 0 amide bonds. The van der Waals surface area contributed by atoms with Crippen molar-refractivity contribution in [1.29, 1.82) is 0 Å². The van der Waals surface area contributed by atoms with E-state index in [1.54, 1.807) is 18.3 Å². The normalized spacial score (nSPS) is 10.4. The number of nitro groups is 1. The number of nitro benzene ring substituents is 1. The van der Waals surface area contributed by atoms with E-state index in [0.29, 0.717) is 12.1 Å². The van der Waals surface area contributed by atoms with Gasteiger partial charge in [-0.2, -0.15) is 0 Å². The molecule has 0 atom stereocenters. The van der Waals surface area contributed by atoms with Crippen LogP contribution >= 0.6 is 15.9 Å². The topological polar surface area (TPSA) is 77.2 Å². The van der Waals surface area contributed by atoms with Crippen LogP contribution in [0.3, 0.4) is 0 Å². The smallest absolute Gasteiger partial charge is 0.269 e. The third-order valence-electron chi connectivity index (χ3n) is 2.95. The van der Waals surface area contributed by atoms with Gasteiger partial charge in [0, 0.05) is 46.7 Å². The predicted octanol–water partition coefficient (Wildman–Crippen LogP) is 3.00. The molecule has 0 fully saturated rings. The number of hydrogen-bond donors (Lipinski definition) is 1. The van der Waals surface area contributed by atoms with Gasteiger partial charge in [0.1, 0.15) is 0 Å². The molecule has 2 rings (SSSR count). The van der Waals surface area contributed by atoms with Gasteiger partial charge in [0.25, 0.3) is 11.2 Å². The minimum Gasteiger partial charge on any atom is -0.385 e. The molecule has 0 bridgehead atoms. The zero-order chi connectivity index (χ0) is 15.4. The summed E-state index contributed by atoms with van der Waals surface area (Å²) in [4.78, 5) is 22.3. The van der Waals surface area contributed by atoms with Gasteiger partial charge in [0.2, 0.25) is 0 Å². The first-order valence-corrected chi connectivity index (χ1v) is 7.17. The second-order valence-electron chi connectivity index (χ2n) is 4.44. The van der Waals surface area contributed by atoms with Crippen molar-refractivity contribution in [2.24, 2.45) is 0 Å². The Labute approximate surface area is 129 Å². The average molecular weight is 352 g/mol. The maximum absolute atomic E-state index is 11.9. The summed E-state index contributed by atoms with van der Waals surface area (Å²) < 4.78 is 2.28. The highest BCUT2D eigenvalue weighted by Crippen LogP contribution is 2.23. The Morgan fingerprint density at radius 2 is 2.10 bits per heavy atom. The zero-order valence-electron chi connectivity index (χ0n) is 11.4. The number of halogens is 1. The van der Waals surface area contributed by atoms with Gasteiger partial charge in [-0.15, -0.1) is 0 Å². The van der Waals surface area contributed by atoms with E-state index in [4.69, 9.17) is 0 Å². The number of non-ortho nitro benzene ring substituents is 1. The molecule has 1 heterocycles. The summed E-state index contributed by atoms with van der Waals surface area (Å²) >= 11 is 3.31. The van der Waals surface area contributed by atoms with Gasteiger partial charge in [-0.25, -0.2) is 0 Å². The van der Waals surface area contributed by atoms with Crippen LogP contribution in [-0.2, 0) is 6.54 Å². The summed E-state index contributed by atoms with van der Waals surface area (Å²) in [5.41, 5.74) is 1.34. The number of nitrogens with one attached hydrogen (secondary N) is 1. The summed E-state index contributed by atoms with van der Waals surface area (Å²) in [7, 11) is 0. The van der Waals surface area contributed by atoms with Gasteiger partial charge < -0.3 is 9.88 Å². The van der Waals surface area contributed by atoms with Crippen LogP contribution in [0.15, 0.2) is 45.8 Å². The van der Waals surface area contributed by atoms with Crippen molar-refractivity contribution in [1.82, 2.24) is 4.57 Å². The number of rotatable bonds is 5. The van der Waals surface area contributed by atoms with Crippen LogP contribution in [0.2, 0.25) is 0 Å². The lowest BCUT2D eigenvalue weighted by molar-refractivity contribution is -0.384. The van der Waals surface area contributed by atoms with Crippen molar-refractivity contribution in [3.8, 4) is 0 Å². The summed E-state index contributed by atoms with van der Waals surface area (Å²) in [6.45, 7) is 2.90. The van der Waals surface area contributed by atoms with Crippen LogP contribution in [0.1, 0.15) is 12.5 Å². The van der Waals surface area contributed by atoms with E-state index >= 15 is 0 Å². The lowest BCUT2D eigenvalue weighted by atomic mass is 10.1. The Morgan fingerprint density at radius 1 is 1.33 bits per heavy atom. The molecule has 1 aromatic carbocycles. The fourth-order valence-corrected chi connectivity index (χ4v) is 2.38. The molecular formula is C14H14BrN3O3. The van der Waals surface area contributed by atoms with Crippen molar-refractivity contribution in [2.75, 3.05) is 11.9 Å². The minimum atomic E-state index is -0.442. The molecule has 2 aromatic rings. The lowest BCUT2D eigenvalue weighted by Crippen LogP contribution is -2.19. The number of aromatic nitrogens is 1. The number of benzene rings is 1. The van der Waals surface area contributed by atoms with Crippen LogP contribution < -0.4 is 10.9 Å². The van der Waals surface area contributed by atoms with E-state index in [1.165, 1.54) is 22.8 Å². The highest BCUT2D eigenvalue weighted by Gasteiger charge is 2.11. The molecule has 0 saturated heterocycles. The second kappa shape index (κ2) is 6.53. The average Bonchev–Trinajstić information content (AvgIpc) is 2.44. The zero-order valence-corrected chi connectivity index (χ0v) is 13.0. The molecular weight excluding hydrogens is 338 g/mol. The van der Waals surface area contributed by atoms with Crippen molar-refractivity contribution in [2.45, 2.75) is 13.5 Å². The van der Waals surface area contributed by atoms with Crippen molar-refractivity contribution >= 4 is 27.3 Å². The third kappa shape index (κ3) is 3.69. The molecule has 0 spiro atoms. The number of hydrogen-bond acceptors (Lipinski definition) is 4. The molecule has 0 aliphatic heterocycles. The molecule has 0 radical (unpaired) electrons. The van der Waals surface area contributed by atoms with Gasteiger partial charge in [-0.3, -0.25) is 14.9 Å². The van der Waals surface area contributed by atoms with Crippen molar-refractivity contribution in [3.05, 3.63) is 67.0 Å². The Kier molecular flexibility index (Phi) is 4.74. The van der Waals surface area contributed by atoms with E-state index in [1.807, 2.05) is 6.92 Å². The molecule has 21 heavy (non-hydrogen) atoms. The molecule has 110 valence electrons. The minimum absolute atomic E-state index is 0.00898. The van der Waals surface area contributed by atoms with Gasteiger partial charge >= 0.3 is 0 Å². The molecule has 0 unspecified atom stereocenters. The number of nitrogens with zero attached hydrogens (tertiary/aromatic N) is 2. The Bertz CT molecular complexity index is 728. The first-order chi connectivity index (χ1) is 10.0. The monoisotopic (exact) mass is 351 g/mol. The highest BCUT2D eigenvalue weighted by atomic mass is 79.9. The first-order valence-electron chi connectivity index (χ1n) is 6.38. The fourth-order valence-electron chi connectivity index (χ4n) is 2.00. The highest BCUT2D eigenvalue weighted by molar-refractivity contribution is 9.10. The molecule has 1 N–H and O–H groups in total. The Balaban J connectivity index is 2.45. The standard InChI is InChI=1S/C14H14BrN3O3/c1-2-16-13-5-4-12(18(20)21)7-10(13)8-17-9-11(15)3-6-14(17)19/h3-7,9,16H,2,8H2,1H3. The van der Waals surface area contributed by atoms with Crippen molar-refractivity contribution in [3.63, 3.8) is 0 Å². The van der Waals surface area contributed by atoms with Crippen LogP contribution in [-0.4, -0.2) is 16.0 Å². The number of anilines is 1. The van der Waals surface area contributed by atoms with Crippen LogP contribution in [0.5, 0.6) is 0 Å². The summed E-state index contributed by atoms with van der Waals surface area (Å²) in [5.74, 6) is 0. The van der Waals surface area contributed by atoms with Gasteiger partial charge in [0.05, 0.1) is 11.5 Å². The van der Waals surface area contributed by atoms with Crippen LogP contribution in [0.4, 0.5) is 11.4 Å². The lowest BCUT2D eigenvalue weighted by Gasteiger charge is -2.12. The Hall–Kier alpha value is -2.15. The van der Waals surface area contributed by atoms with E-state index < -0.39 is 4.92 Å². The maximum atomic E-state index is 11.9.